The van der Waals surface area contributed by atoms with Crippen molar-refractivity contribution < 1.29 is 22.1 Å². The summed E-state index contributed by atoms with van der Waals surface area (Å²) < 4.78 is 41.6. The summed E-state index contributed by atoms with van der Waals surface area (Å²) in [7, 11) is -3.72. The van der Waals surface area contributed by atoms with Gasteiger partial charge in [-0.2, -0.15) is 8.42 Å². The molecule has 1 aromatic rings. The molecule has 0 bridgehead atoms. The van der Waals surface area contributed by atoms with Crippen LogP contribution in [0.4, 0.5) is 0 Å². The SMILES string of the molecule is CCOC1(OCC)CCC(OS(=O)(=O)c2ccc(C)cc2)CC1. The van der Waals surface area contributed by atoms with Crippen molar-refractivity contribution in [3.8, 4) is 0 Å². The van der Waals surface area contributed by atoms with E-state index in [-0.39, 0.29) is 11.0 Å². The molecule has 1 aliphatic carbocycles. The van der Waals surface area contributed by atoms with Gasteiger partial charge in [-0.15, -0.1) is 0 Å². The van der Waals surface area contributed by atoms with Crippen LogP contribution in [0.2, 0.25) is 0 Å². The quantitative estimate of drug-likeness (QED) is 0.561. The number of rotatable bonds is 7. The molecule has 0 aliphatic heterocycles. The van der Waals surface area contributed by atoms with E-state index in [2.05, 4.69) is 0 Å². The predicted molar refractivity (Wildman–Crippen MR) is 87.7 cm³/mol. The second-order valence-electron chi connectivity index (χ2n) is 5.84. The molecule has 0 aromatic heterocycles. The van der Waals surface area contributed by atoms with E-state index in [0.29, 0.717) is 38.9 Å². The molecule has 1 saturated carbocycles. The van der Waals surface area contributed by atoms with Gasteiger partial charge < -0.3 is 9.47 Å². The van der Waals surface area contributed by atoms with Gasteiger partial charge in [0.05, 0.1) is 11.0 Å². The van der Waals surface area contributed by atoms with Gasteiger partial charge in [-0.05, 0) is 45.7 Å². The highest BCUT2D eigenvalue weighted by molar-refractivity contribution is 7.86. The van der Waals surface area contributed by atoms with Crippen LogP contribution in [0.25, 0.3) is 0 Å². The predicted octanol–water partition coefficient (Wildman–Crippen LogP) is 3.41. The zero-order valence-corrected chi connectivity index (χ0v) is 14.9. The van der Waals surface area contributed by atoms with E-state index >= 15 is 0 Å². The minimum Gasteiger partial charge on any atom is -0.350 e. The van der Waals surface area contributed by atoms with Crippen LogP contribution in [-0.4, -0.2) is 33.5 Å². The molecular weight excluding hydrogens is 316 g/mol. The largest absolute Gasteiger partial charge is 0.350 e. The molecule has 0 saturated heterocycles. The van der Waals surface area contributed by atoms with Crippen LogP contribution in [0.3, 0.4) is 0 Å². The van der Waals surface area contributed by atoms with Crippen LogP contribution < -0.4 is 0 Å². The number of hydrogen-bond acceptors (Lipinski definition) is 5. The second kappa shape index (κ2) is 7.75. The summed E-state index contributed by atoms with van der Waals surface area (Å²) in [5, 5.41) is 0. The normalized spacial score (nSPS) is 18.9. The lowest BCUT2D eigenvalue weighted by Crippen LogP contribution is -2.42. The molecular formula is C17H26O5S. The van der Waals surface area contributed by atoms with Crippen molar-refractivity contribution in [1.82, 2.24) is 0 Å². The maximum absolute atomic E-state index is 12.3. The Bertz CT molecular complexity index is 578. The summed E-state index contributed by atoms with van der Waals surface area (Å²) in [6.07, 6.45) is 2.16. The van der Waals surface area contributed by atoms with Gasteiger partial charge in [0.15, 0.2) is 5.79 Å². The Morgan fingerprint density at radius 1 is 1.04 bits per heavy atom. The molecule has 2 rings (SSSR count). The van der Waals surface area contributed by atoms with Gasteiger partial charge >= 0.3 is 0 Å². The Morgan fingerprint density at radius 2 is 1.57 bits per heavy atom. The molecule has 0 N–H and O–H groups in total. The summed E-state index contributed by atoms with van der Waals surface area (Å²) >= 11 is 0. The van der Waals surface area contributed by atoms with Crippen molar-refractivity contribution in [2.45, 2.75) is 63.2 Å². The number of ether oxygens (including phenoxy) is 2. The molecule has 0 spiro atoms. The van der Waals surface area contributed by atoms with E-state index in [1.54, 1.807) is 24.3 Å². The second-order valence-corrected chi connectivity index (χ2v) is 7.41. The van der Waals surface area contributed by atoms with E-state index in [1.165, 1.54) is 0 Å². The Balaban J connectivity index is 1.99. The highest BCUT2D eigenvalue weighted by Gasteiger charge is 2.38. The van der Waals surface area contributed by atoms with Gasteiger partial charge in [0.2, 0.25) is 0 Å². The lowest BCUT2D eigenvalue weighted by molar-refractivity contribution is -0.253. The summed E-state index contributed by atoms with van der Waals surface area (Å²) in [4.78, 5) is 0.203. The van der Waals surface area contributed by atoms with Crippen LogP contribution in [0.1, 0.15) is 45.1 Å². The third-order valence-electron chi connectivity index (χ3n) is 4.08. The smallest absolute Gasteiger partial charge is 0.297 e. The van der Waals surface area contributed by atoms with Gasteiger partial charge in [-0.1, -0.05) is 17.7 Å². The fraction of sp³-hybridized carbons (Fsp3) is 0.647. The van der Waals surface area contributed by atoms with E-state index in [4.69, 9.17) is 13.7 Å². The maximum Gasteiger partial charge on any atom is 0.297 e. The van der Waals surface area contributed by atoms with Crippen molar-refractivity contribution in [1.29, 1.82) is 0 Å². The summed E-state index contributed by atoms with van der Waals surface area (Å²) in [6, 6.07) is 6.70. The van der Waals surface area contributed by atoms with E-state index in [1.807, 2.05) is 20.8 Å². The first-order chi connectivity index (χ1) is 10.9. The molecule has 1 fully saturated rings. The summed E-state index contributed by atoms with van der Waals surface area (Å²) in [5.74, 6) is -0.586. The molecule has 0 radical (unpaired) electrons. The lowest BCUT2D eigenvalue weighted by Gasteiger charge is -2.38. The van der Waals surface area contributed by atoms with E-state index < -0.39 is 15.9 Å². The monoisotopic (exact) mass is 342 g/mol. The van der Waals surface area contributed by atoms with E-state index in [0.717, 1.165) is 5.56 Å². The molecule has 0 heterocycles. The van der Waals surface area contributed by atoms with Crippen LogP contribution in [0.15, 0.2) is 29.2 Å². The first-order valence-corrected chi connectivity index (χ1v) is 9.59. The summed E-state index contributed by atoms with van der Waals surface area (Å²) in [5.41, 5.74) is 1.01. The number of benzene rings is 1. The first-order valence-electron chi connectivity index (χ1n) is 8.18. The van der Waals surface area contributed by atoms with Gasteiger partial charge in [-0.3, -0.25) is 4.18 Å². The third-order valence-corrected chi connectivity index (χ3v) is 5.46. The van der Waals surface area contributed by atoms with Crippen LogP contribution >= 0.6 is 0 Å². The Morgan fingerprint density at radius 3 is 2.04 bits per heavy atom. The van der Waals surface area contributed by atoms with Gasteiger partial charge in [0.1, 0.15) is 0 Å². The Kier molecular flexibility index (Phi) is 6.19. The van der Waals surface area contributed by atoms with Gasteiger partial charge in [-0.25, -0.2) is 0 Å². The number of aryl methyl sites for hydroxylation is 1. The topological polar surface area (TPSA) is 61.8 Å². The molecule has 1 aromatic carbocycles. The van der Waals surface area contributed by atoms with Crippen molar-refractivity contribution in [2.24, 2.45) is 0 Å². The van der Waals surface area contributed by atoms with Crippen molar-refractivity contribution in [3.63, 3.8) is 0 Å². The molecule has 6 heteroatoms. The van der Waals surface area contributed by atoms with E-state index in [9.17, 15) is 8.42 Å². The van der Waals surface area contributed by atoms with Crippen LogP contribution in [-0.2, 0) is 23.8 Å². The third kappa shape index (κ3) is 4.76. The van der Waals surface area contributed by atoms with Crippen LogP contribution in [0.5, 0.6) is 0 Å². The van der Waals surface area contributed by atoms with Gasteiger partial charge in [0.25, 0.3) is 10.1 Å². The summed E-state index contributed by atoms with van der Waals surface area (Å²) in [6.45, 7) is 6.94. The standard InChI is InChI=1S/C17H26O5S/c1-4-20-17(21-5-2)12-10-15(11-13-17)22-23(18,19)16-8-6-14(3)7-9-16/h6-9,15H,4-5,10-13H2,1-3H3. The number of hydrogen-bond donors (Lipinski definition) is 0. The molecule has 0 unspecified atom stereocenters. The lowest BCUT2D eigenvalue weighted by atomic mass is 9.92. The van der Waals surface area contributed by atoms with Gasteiger partial charge in [0, 0.05) is 26.1 Å². The average molecular weight is 342 g/mol. The molecule has 1 aliphatic rings. The zero-order valence-electron chi connectivity index (χ0n) is 14.1. The minimum atomic E-state index is -3.72. The van der Waals surface area contributed by atoms with Crippen molar-refractivity contribution in [2.75, 3.05) is 13.2 Å². The molecule has 5 nitrogen and oxygen atoms in total. The Labute approximate surface area is 139 Å². The molecule has 0 amide bonds. The first kappa shape index (κ1) is 18.4. The minimum absolute atomic E-state index is 0.203. The molecule has 0 atom stereocenters. The zero-order chi connectivity index (χ0) is 16.9. The highest BCUT2D eigenvalue weighted by Crippen LogP contribution is 2.35. The molecule has 130 valence electrons. The molecule has 23 heavy (non-hydrogen) atoms. The van der Waals surface area contributed by atoms with Crippen molar-refractivity contribution in [3.05, 3.63) is 29.8 Å². The highest BCUT2D eigenvalue weighted by atomic mass is 32.2. The fourth-order valence-corrected chi connectivity index (χ4v) is 4.05. The maximum atomic E-state index is 12.3. The fourth-order valence-electron chi connectivity index (χ4n) is 2.92. The van der Waals surface area contributed by atoms with Crippen LogP contribution in [0, 0.1) is 6.92 Å². The average Bonchev–Trinajstić information content (AvgIpc) is 2.50. The van der Waals surface area contributed by atoms with Crippen molar-refractivity contribution >= 4 is 10.1 Å². The Hall–Kier alpha value is -0.950.